The van der Waals surface area contributed by atoms with Gasteiger partial charge in [-0.3, -0.25) is 0 Å². The number of carboxylic acids is 1. The second-order valence-electron chi connectivity index (χ2n) is 4.57. The van der Waals surface area contributed by atoms with Crippen molar-refractivity contribution in [2.75, 3.05) is 12.4 Å². The number of ether oxygens (including phenoxy) is 1. The Hall–Kier alpha value is -2.17. The molecule has 1 heterocycles. The van der Waals surface area contributed by atoms with Crippen LogP contribution in [-0.2, 0) is 4.79 Å². The summed E-state index contributed by atoms with van der Waals surface area (Å²) in [7, 11) is 1.58. The monoisotopic (exact) mass is 249 g/mol. The van der Waals surface area contributed by atoms with E-state index < -0.39 is 11.5 Å². The molecule has 1 aromatic heterocycles. The van der Waals surface area contributed by atoms with Gasteiger partial charge in [0.15, 0.2) is 0 Å². The number of hydrogen-bond donors (Lipinski definition) is 2. The highest BCUT2D eigenvalue weighted by atomic mass is 16.5. The molecule has 2 rings (SSSR count). The number of hydrogen-bond acceptors (Lipinski definition) is 4. The van der Waals surface area contributed by atoms with E-state index in [0.29, 0.717) is 17.0 Å². The van der Waals surface area contributed by atoms with Gasteiger partial charge in [-0.1, -0.05) is 0 Å². The molecule has 0 aliphatic carbocycles. The van der Waals surface area contributed by atoms with E-state index in [2.05, 4.69) is 5.32 Å². The Kier molecular flexibility index (Phi) is 2.90. The first-order valence-corrected chi connectivity index (χ1v) is 5.51. The van der Waals surface area contributed by atoms with Crippen molar-refractivity contribution in [3.63, 3.8) is 0 Å². The van der Waals surface area contributed by atoms with Crippen LogP contribution in [0.5, 0.6) is 5.75 Å². The lowest BCUT2D eigenvalue weighted by atomic mass is 10.1. The predicted octanol–water partition coefficient (Wildman–Crippen LogP) is 2.72. The summed E-state index contributed by atoms with van der Waals surface area (Å²) >= 11 is 0. The second-order valence-corrected chi connectivity index (χ2v) is 4.57. The molecule has 5 nitrogen and oxygen atoms in total. The van der Waals surface area contributed by atoms with E-state index in [4.69, 9.17) is 14.3 Å². The van der Waals surface area contributed by atoms with E-state index in [-0.39, 0.29) is 0 Å². The minimum Gasteiger partial charge on any atom is -0.497 e. The first kappa shape index (κ1) is 12.3. The number of fused-ring (bicyclic) bond motifs is 1. The number of rotatable bonds is 4. The zero-order chi connectivity index (χ0) is 13.3. The Labute approximate surface area is 104 Å². The van der Waals surface area contributed by atoms with Gasteiger partial charge in [0.25, 0.3) is 0 Å². The molecule has 18 heavy (non-hydrogen) atoms. The molecule has 0 unspecified atom stereocenters. The number of anilines is 1. The molecule has 5 heteroatoms. The highest BCUT2D eigenvalue weighted by molar-refractivity contribution is 5.94. The van der Waals surface area contributed by atoms with Gasteiger partial charge in [0.05, 0.1) is 12.8 Å². The van der Waals surface area contributed by atoms with Crippen molar-refractivity contribution in [2.24, 2.45) is 0 Å². The van der Waals surface area contributed by atoms with Crippen LogP contribution in [-0.4, -0.2) is 23.7 Å². The molecule has 2 aromatic rings. The summed E-state index contributed by atoms with van der Waals surface area (Å²) in [6.45, 7) is 3.19. The molecule has 0 aliphatic heterocycles. The van der Waals surface area contributed by atoms with Gasteiger partial charge in [-0.15, -0.1) is 0 Å². The van der Waals surface area contributed by atoms with Crippen molar-refractivity contribution in [1.82, 2.24) is 0 Å². The van der Waals surface area contributed by atoms with Crippen molar-refractivity contribution in [2.45, 2.75) is 19.4 Å². The zero-order valence-electron chi connectivity index (χ0n) is 10.5. The van der Waals surface area contributed by atoms with Crippen LogP contribution >= 0.6 is 0 Å². The SMILES string of the molecule is COc1ccc2c(NC(C)(C)C(=O)O)coc2c1. The zero-order valence-corrected chi connectivity index (χ0v) is 10.5. The number of nitrogens with one attached hydrogen (secondary N) is 1. The molecular formula is C13H15NO4. The van der Waals surface area contributed by atoms with E-state index in [9.17, 15) is 4.79 Å². The van der Waals surface area contributed by atoms with Gasteiger partial charge in [0.1, 0.15) is 23.1 Å². The normalized spacial score (nSPS) is 11.5. The summed E-state index contributed by atoms with van der Waals surface area (Å²) in [5, 5.41) is 12.8. The molecule has 0 amide bonds. The fraction of sp³-hybridized carbons (Fsp3) is 0.308. The van der Waals surface area contributed by atoms with Gasteiger partial charge < -0.3 is 19.6 Å². The Morgan fingerprint density at radius 3 is 2.78 bits per heavy atom. The Balaban J connectivity index is 2.38. The first-order valence-electron chi connectivity index (χ1n) is 5.51. The fourth-order valence-corrected chi connectivity index (χ4v) is 1.62. The van der Waals surface area contributed by atoms with Gasteiger partial charge in [-0.25, -0.2) is 4.79 Å². The maximum atomic E-state index is 11.1. The van der Waals surface area contributed by atoms with E-state index in [1.54, 1.807) is 33.1 Å². The van der Waals surface area contributed by atoms with Gasteiger partial charge in [-0.2, -0.15) is 0 Å². The smallest absolute Gasteiger partial charge is 0.328 e. The number of aliphatic carboxylic acids is 1. The van der Waals surface area contributed by atoms with Crippen molar-refractivity contribution in [3.05, 3.63) is 24.5 Å². The molecule has 0 atom stereocenters. The van der Waals surface area contributed by atoms with Crippen LogP contribution in [0.3, 0.4) is 0 Å². The summed E-state index contributed by atoms with van der Waals surface area (Å²) in [5.41, 5.74) is 0.245. The molecular weight excluding hydrogens is 234 g/mol. The summed E-state index contributed by atoms with van der Waals surface area (Å²) in [4.78, 5) is 11.1. The number of carbonyl (C=O) groups is 1. The standard InChI is InChI=1S/C13H15NO4/c1-13(2,12(15)16)14-10-7-18-11-6-8(17-3)4-5-9(10)11/h4-7,14H,1-3H3,(H,15,16). The van der Waals surface area contributed by atoms with Gasteiger partial charge in [0, 0.05) is 11.5 Å². The minimum atomic E-state index is -1.06. The maximum absolute atomic E-state index is 11.1. The number of carboxylic acid groups (broad SMARTS) is 1. The number of methoxy groups -OCH3 is 1. The van der Waals surface area contributed by atoms with Crippen LogP contribution in [0.15, 0.2) is 28.9 Å². The lowest BCUT2D eigenvalue weighted by Gasteiger charge is -2.21. The molecule has 0 saturated carbocycles. The van der Waals surface area contributed by atoms with Crippen molar-refractivity contribution in [3.8, 4) is 5.75 Å². The molecule has 0 aliphatic rings. The summed E-state index contributed by atoms with van der Waals surface area (Å²) in [6.07, 6.45) is 1.51. The third-order valence-corrected chi connectivity index (χ3v) is 2.76. The van der Waals surface area contributed by atoms with Crippen LogP contribution < -0.4 is 10.1 Å². The number of furan rings is 1. The summed E-state index contributed by atoms with van der Waals surface area (Å²) in [5.74, 6) is -0.230. The Morgan fingerprint density at radius 2 is 2.17 bits per heavy atom. The topological polar surface area (TPSA) is 71.7 Å². The third kappa shape index (κ3) is 2.11. The Bertz CT molecular complexity index is 586. The van der Waals surface area contributed by atoms with E-state index >= 15 is 0 Å². The Morgan fingerprint density at radius 1 is 1.44 bits per heavy atom. The van der Waals surface area contributed by atoms with Crippen LogP contribution in [0.2, 0.25) is 0 Å². The van der Waals surface area contributed by atoms with Crippen LogP contribution in [0.4, 0.5) is 5.69 Å². The van der Waals surface area contributed by atoms with E-state index in [1.807, 2.05) is 6.07 Å². The number of benzene rings is 1. The predicted molar refractivity (Wildman–Crippen MR) is 68.1 cm³/mol. The molecule has 2 N–H and O–H groups in total. The molecule has 0 radical (unpaired) electrons. The summed E-state index contributed by atoms with van der Waals surface area (Å²) < 4.78 is 10.5. The largest absolute Gasteiger partial charge is 0.497 e. The van der Waals surface area contributed by atoms with Crippen LogP contribution in [0.1, 0.15) is 13.8 Å². The maximum Gasteiger partial charge on any atom is 0.328 e. The van der Waals surface area contributed by atoms with Crippen molar-refractivity contribution in [1.29, 1.82) is 0 Å². The van der Waals surface area contributed by atoms with Gasteiger partial charge in [-0.05, 0) is 26.0 Å². The van der Waals surface area contributed by atoms with Gasteiger partial charge >= 0.3 is 5.97 Å². The van der Waals surface area contributed by atoms with E-state index in [1.165, 1.54) is 6.26 Å². The van der Waals surface area contributed by atoms with Crippen molar-refractivity contribution < 1.29 is 19.1 Å². The summed E-state index contributed by atoms with van der Waals surface area (Å²) in [6, 6.07) is 5.39. The lowest BCUT2D eigenvalue weighted by Crippen LogP contribution is -2.39. The fourth-order valence-electron chi connectivity index (χ4n) is 1.62. The highest BCUT2D eigenvalue weighted by Gasteiger charge is 2.27. The quantitative estimate of drug-likeness (QED) is 0.871. The highest BCUT2D eigenvalue weighted by Crippen LogP contribution is 2.30. The average Bonchev–Trinajstić information content (AvgIpc) is 2.71. The molecule has 0 saturated heterocycles. The average molecular weight is 249 g/mol. The van der Waals surface area contributed by atoms with Crippen LogP contribution in [0, 0.1) is 0 Å². The van der Waals surface area contributed by atoms with Crippen LogP contribution in [0.25, 0.3) is 11.0 Å². The molecule has 96 valence electrons. The first-order chi connectivity index (χ1) is 8.44. The molecule has 0 spiro atoms. The molecule has 0 fully saturated rings. The van der Waals surface area contributed by atoms with Gasteiger partial charge in [0.2, 0.25) is 0 Å². The second kappa shape index (κ2) is 4.25. The lowest BCUT2D eigenvalue weighted by molar-refractivity contribution is -0.141. The minimum absolute atomic E-state index is 0.651. The molecule has 0 bridgehead atoms. The third-order valence-electron chi connectivity index (χ3n) is 2.76. The van der Waals surface area contributed by atoms with E-state index in [0.717, 1.165) is 5.39 Å². The molecule has 1 aromatic carbocycles. The van der Waals surface area contributed by atoms with Crippen molar-refractivity contribution >= 4 is 22.6 Å².